The van der Waals surface area contributed by atoms with Crippen LogP contribution in [0, 0.1) is 18.8 Å². The van der Waals surface area contributed by atoms with E-state index < -0.39 is 0 Å². The number of amides is 2. The van der Waals surface area contributed by atoms with Crippen LogP contribution in [0.3, 0.4) is 0 Å². The Kier molecular flexibility index (Phi) is 5.38. The van der Waals surface area contributed by atoms with Crippen molar-refractivity contribution in [3.8, 4) is 11.8 Å². The van der Waals surface area contributed by atoms with Crippen LogP contribution in [0.5, 0.6) is 0 Å². The summed E-state index contributed by atoms with van der Waals surface area (Å²) in [5, 5.41) is 6.10. The number of benzene rings is 1. The van der Waals surface area contributed by atoms with E-state index in [0.717, 1.165) is 11.3 Å². The van der Waals surface area contributed by atoms with E-state index in [4.69, 9.17) is 11.6 Å². The maximum absolute atomic E-state index is 11.5. The first-order chi connectivity index (χ1) is 8.15. The molecule has 90 valence electrons. The molecule has 0 aliphatic carbocycles. The number of carbonyl (C=O) groups excluding carboxylic acids is 1. The Morgan fingerprint density at radius 3 is 2.94 bits per heavy atom. The zero-order valence-corrected chi connectivity index (χ0v) is 10.7. The molecule has 0 heterocycles. The molecule has 2 amide bonds. The van der Waals surface area contributed by atoms with Gasteiger partial charge < -0.3 is 10.6 Å². The molecular weight excluding hydrogens is 236 g/mol. The van der Waals surface area contributed by atoms with Crippen LogP contribution in [0.4, 0.5) is 10.5 Å². The van der Waals surface area contributed by atoms with E-state index in [1.165, 1.54) is 0 Å². The highest BCUT2D eigenvalue weighted by molar-refractivity contribution is 6.31. The second-order valence-electron chi connectivity index (χ2n) is 3.47. The lowest BCUT2D eigenvalue weighted by molar-refractivity contribution is 0.252. The summed E-state index contributed by atoms with van der Waals surface area (Å²) in [5.74, 6) is 5.64. The van der Waals surface area contributed by atoms with Gasteiger partial charge in [0.2, 0.25) is 0 Å². The largest absolute Gasteiger partial charge is 0.337 e. The second kappa shape index (κ2) is 6.82. The predicted octanol–water partition coefficient (Wildman–Crippen LogP) is 3.18. The fourth-order valence-corrected chi connectivity index (χ4v) is 1.45. The van der Waals surface area contributed by atoms with Gasteiger partial charge >= 0.3 is 6.03 Å². The highest BCUT2D eigenvalue weighted by Gasteiger charge is 2.05. The van der Waals surface area contributed by atoms with Gasteiger partial charge in [-0.15, -0.1) is 11.8 Å². The lowest BCUT2D eigenvalue weighted by Gasteiger charge is -2.09. The number of anilines is 1. The van der Waals surface area contributed by atoms with Crippen LogP contribution >= 0.6 is 11.6 Å². The highest BCUT2D eigenvalue weighted by Crippen LogP contribution is 2.22. The van der Waals surface area contributed by atoms with E-state index in [9.17, 15) is 4.79 Å². The van der Waals surface area contributed by atoms with Gasteiger partial charge in [-0.05, 0) is 31.5 Å². The van der Waals surface area contributed by atoms with Gasteiger partial charge in [0.1, 0.15) is 0 Å². The SMILES string of the molecule is CC#CCCNC(=O)Nc1cccc(Cl)c1C. The Labute approximate surface area is 107 Å². The van der Waals surface area contributed by atoms with Crippen molar-refractivity contribution in [1.29, 1.82) is 0 Å². The molecule has 0 fully saturated rings. The van der Waals surface area contributed by atoms with Gasteiger partial charge in [0.25, 0.3) is 0 Å². The molecule has 0 aliphatic rings. The molecule has 0 atom stereocenters. The van der Waals surface area contributed by atoms with Gasteiger partial charge in [-0.25, -0.2) is 4.79 Å². The normalized spacial score (nSPS) is 9.12. The number of hydrogen-bond acceptors (Lipinski definition) is 1. The van der Waals surface area contributed by atoms with E-state index in [-0.39, 0.29) is 6.03 Å². The summed E-state index contributed by atoms with van der Waals surface area (Å²) in [6.45, 7) is 4.17. The van der Waals surface area contributed by atoms with Crippen molar-refractivity contribution in [1.82, 2.24) is 5.32 Å². The molecule has 0 bridgehead atoms. The quantitative estimate of drug-likeness (QED) is 0.628. The van der Waals surface area contributed by atoms with Gasteiger partial charge in [-0.3, -0.25) is 0 Å². The Morgan fingerprint density at radius 2 is 2.24 bits per heavy atom. The summed E-state index contributed by atoms with van der Waals surface area (Å²) in [7, 11) is 0. The lowest BCUT2D eigenvalue weighted by atomic mass is 10.2. The maximum Gasteiger partial charge on any atom is 0.319 e. The van der Waals surface area contributed by atoms with Crippen molar-refractivity contribution < 1.29 is 4.79 Å². The monoisotopic (exact) mass is 250 g/mol. The van der Waals surface area contributed by atoms with E-state index in [1.54, 1.807) is 19.1 Å². The van der Waals surface area contributed by atoms with Gasteiger partial charge in [0.15, 0.2) is 0 Å². The first-order valence-corrected chi connectivity index (χ1v) is 5.72. The molecule has 0 radical (unpaired) electrons. The van der Waals surface area contributed by atoms with Crippen molar-refractivity contribution in [3.05, 3.63) is 28.8 Å². The first kappa shape index (κ1) is 13.4. The molecule has 1 rings (SSSR count). The Hall–Kier alpha value is -1.66. The van der Waals surface area contributed by atoms with Crippen molar-refractivity contribution in [2.75, 3.05) is 11.9 Å². The van der Waals surface area contributed by atoms with Crippen LogP contribution in [0.15, 0.2) is 18.2 Å². The summed E-state index contributed by atoms with van der Waals surface area (Å²) in [5.41, 5.74) is 1.58. The number of urea groups is 1. The zero-order chi connectivity index (χ0) is 12.7. The molecule has 0 saturated carbocycles. The number of rotatable bonds is 3. The predicted molar refractivity (Wildman–Crippen MR) is 71.3 cm³/mol. The van der Waals surface area contributed by atoms with Crippen LogP contribution in [0.25, 0.3) is 0 Å². The summed E-state index contributed by atoms with van der Waals surface area (Å²) >= 11 is 5.95. The fourth-order valence-electron chi connectivity index (χ4n) is 1.27. The van der Waals surface area contributed by atoms with Crippen LogP contribution in [-0.4, -0.2) is 12.6 Å². The molecule has 0 spiro atoms. The van der Waals surface area contributed by atoms with Crippen molar-refractivity contribution >= 4 is 23.3 Å². The molecule has 4 heteroatoms. The third-order valence-corrected chi connectivity index (χ3v) is 2.64. The summed E-state index contributed by atoms with van der Waals surface area (Å²) in [6.07, 6.45) is 0.651. The van der Waals surface area contributed by atoms with Crippen LogP contribution in [0.1, 0.15) is 18.9 Å². The fraction of sp³-hybridized carbons (Fsp3) is 0.308. The highest BCUT2D eigenvalue weighted by atomic mass is 35.5. The van der Waals surface area contributed by atoms with Gasteiger partial charge in [-0.1, -0.05) is 17.7 Å². The zero-order valence-electron chi connectivity index (χ0n) is 9.93. The van der Waals surface area contributed by atoms with Crippen molar-refractivity contribution in [2.45, 2.75) is 20.3 Å². The molecule has 2 N–H and O–H groups in total. The topological polar surface area (TPSA) is 41.1 Å². The number of carbonyl (C=O) groups is 1. The summed E-state index contributed by atoms with van der Waals surface area (Å²) in [4.78, 5) is 11.5. The average molecular weight is 251 g/mol. The third-order valence-electron chi connectivity index (χ3n) is 2.23. The minimum atomic E-state index is -0.242. The minimum absolute atomic E-state index is 0.242. The molecule has 3 nitrogen and oxygen atoms in total. The van der Waals surface area contributed by atoms with Crippen LogP contribution in [-0.2, 0) is 0 Å². The third kappa shape index (κ3) is 4.38. The molecule has 1 aromatic rings. The van der Waals surface area contributed by atoms with Gasteiger partial charge in [-0.2, -0.15) is 0 Å². The molecule has 0 aromatic heterocycles. The van der Waals surface area contributed by atoms with Crippen molar-refractivity contribution in [2.24, 2.45) is 0 Å². The number of halogens is 1. The van der Waals surface area contributed by atoms with Crippen molar-refractivity contribution in [3.63, 3.8) is 0 Å². The Balaban J connectivity index is 2.50. The van der Waals surface area contributed by atoms with E-state index in [2.05, 4.69) is 22.5 Å². The second-order valence-corrected chi connectivity index (χ2v) is 3.88. The van der Waals surface area contributed by atoms with E-state index in [0.29, 0.717) is 18.0 Å². The number of hydrogen-bond donors (Lipinski definition) is 2. The van der Waals surface area contributed by atoms with Gasteiger partial charge in [0.05, 0.1) is 0 Å². The molecule has 0 saturated heterocycles. The molecule has 17 heavy (non-hydrogen) atoms. The minimum Gasteiger partial charge on any atom is -0.337 e. The molecule has 0 aliphatic heterocycles. The van der Waals surface area contributed by atoms with Gasteiger partial charge in [0, 0.05) is 23.7 Å². The number of nitrogens with one attached hydrogen (secondary N) is 2. The van der Waals surface area contributed by atoms with Crippen LogP contribution < -0.4 is 10.6 Å². The standard InChI is InChI=1S/C13H15ClN2O/c1-3-4-5-9-15-13(17)16-12-8-6-7-11(14)10(12)2/h6-8H,5,9H2,1-2H3,(H2,15,16,17). The van der Waals surface area contributed by atoms with Crippen LogP contribution in [0.2, 0.25) is 5.02 Å². The van der Waals surface area contributed by atoms with E-state index in [1.807, 2.05) is 13.0 Å². The first-order valence-electron chi connectivity index (χ1n) is 5.34. The maximum atomic E-state index is 11.5. The average Bonchev–Trinajstić information content (AvgIpc) is 2.31. The molecular formula is C13H15ClN2O. The summed E-state index contributed by atoms with van der Waals surface area (Å²) in [6, 6.07) is 5.16. The smallest absolute Gasteiger partial charge is 0.319 e. The molecule has 1 aromatic carbocycles. The lowest BCUT2D eigenvalue weighted by Crippen LogP contribution is -2.29. The van der Waals surface area contributed by atoms with E-state index >= 15 is 0 Å². The Bertz CT molecular complexity index is 460. The summed E-state index contributed by atoms with van der Waals surface area (Å²) < 4.78 is 0. The molecule has 0 unspecified atom stereocenters. The Morgan fingerprint density at radius 1 is 1.47 bits per heavy atom.